The number of aromatic amines is 1. The number of ether oxygens (including phenoxy) is 2. The van der Waals surface area contributed by atoms with Gasteiger partial charge in [-0.2, -0.15) is 0 Å². The first kappa shape index (κ1) is 23.1. The van der Waals surface area contributed by atoms with Crippen molar-refractivity contribution in [3.8, 4) is 5.75 Å². The van der Waals surface area contributed by atoms with Crippen molar-refractivity contribution in [2.24, 2.45) is 0 Å². The second-order valence-electron chi connectivity index (χ2n) is 7.49. The number of anilines is 1. The molecule has 0 aliphatic heterocycles. The van der Waals surface area contributed by atoms with Crippen molar-refractivity contribution in [2.75, 3.05) is 11.8 Å². The van der Waals surface area contributed by atoms with E-state index in [1.807, 2.05) is 24.3 Å². The van der Waals surface area contributed by atoms with Crippen LogP contribution in [-0.2, 0) is 14.8 Å². The molecule has 4 aromatic rings. The van der Waals surface area contributed by atoms with E-state index in [0.29, 0.717) is 11.3 Å². The number of para-hydroxylation sites is 3. The third-order valence-corrected chi connectivity index (χ3v) is 6.64. The van der Waals surface area contributed by atoms with Crippen molar-refractivity contribution in [2.45, 2.75) is 17.9 Å². The molecule has 34 heavy (non-hydrogen) atoms. The number of aromatic nitrogens is 1. The molecule has 0 aliphatic carbocycles. The lowest BCUT2D eigenvalue weighted by molar-refractivity contribution is 0.0319. The average molecular weight is 479 g/mol. The maximum absolute atomic E-state index is 12.8. The van der Waals surface area contributed by atoms with Gasteiger partial charge >= 0.3 is 5.97 Å². The summed E-state index contributed by atoms with van der Waals surface area (Å²) < 4.78 is 38.4. The lowest BCUT2D eigenvalue weighted by Crippen LogP contribution is -2.24. The highest BCUT2D eigenvalue weighted by atomic mass is 32.2. The molecule has 2 N–H and O–H groups in total. The molecule has 0 saturated heterocycles. The fourth-order valence-electron chi connectivity index (χ4n) is 3.48. The van der Waals surface area contributed by atoms with Crippen molar-refractivity contribution in [1.82, 2.24) is 4.98 Å². The predicted octanol–water partition coefficient (Wildman–Crippen LogP) is 4.41. The zero-order valence-electron chi connectivity index (χ0n) is 18.4. The number of carbonyl (C=O) groups is 2. The first-order chi connectivity index (χ1) is 16.3. The summed E-state index contributed by atoms with van der Waals surface area (Å²) in [4.78, 5) is 28.3. The zero-order valence-corrected chi connectivity index (χ0v) is 19.3. The molecule has 8 nitrogen and oxygen atoms in total. The van der Waals surface area contributed by atoms with Crippen molar-refractivity contribution < 1.29 is 27.5 Å². The van der Waals surface area contributed by atoms with Gasteiger partial charge < -0.3 is 14.5 Å². The van der Waals surface area contributed by atoms with Gasteiger partial charge in [-0.3, -0.25) is 9.52 Å². The Bertz CT molecular complexity index is 1460. The normalized spacial score (nSPS) is 12.2. The lowest BCUT2D eigenvalue weighted by atomic mass is 10.1. The molecule has 0 aliphatic rings. The smallest absolute Gasteiger partial charge is 0.338 e. The maximum Gasteiger partial charge on any atom is 0.338 e. The molecule has 174 valence electrons. The van der Waals surface area contributed by atoms with Gasteiger partial charge in [-0.15, -0.1) is 0 Å². The minimum absolute atomic E-state index is 0.0436. The van der Waals surface area contributed by atoms with Crippen LogP contribution in [-0.4, -0.2) is 38.4 Å². The molecule has 1 atom stereocenters. The molecule has 3 aromatic carbocycles. The van der Waals surface area contributed by atoms with E-state index in [0.717, 1.165) is 10.9 Å². The largest absolute Gasteiger partial charge is 0.495 e. The van der Waals surface area contributed by atoms with Crippen LogP contribution in [0.4, 0.5) is 5.69 Å². The fourth-order valence-corrected chi connectivity index (χ4v) is 4.55. The highest BCUT2D eigenvalue weighted by molar-refractivity contribution is 7.92. The fraction of sp³-hybridized carbons (Fsp3) is 0.120. The Kier molecular flexibility index (Phi) is 6.38. The standard InChI is InChI=1S/C25H22N2O6S/c1-16(24(28)20-15-26-21-8-4-3-7-19(20)21)33-25(29)17-11-13-18(14-12-17)34(30,31)27-22-9-5-6-10-23(22)32-2/h3-16,26-27H,1-2H3. The van der Waals surface area contributed by atoms with E-state index in [9.17, 15) is 18.0 Å². The van der Waals surface area contributed by atoms with E-state index >= 15 is 0 Å². The molecule has 9 heteroatoms. The van der Waals surface area contributed by atoms with Gasteiger partial charge in [-0.1, -0.05) is 30.3 Å². The van der Waals surface area contributed by atoms with Crippen LogP contribution < -0.4 is 9.46 Å². The molecule has 0 saturated carbocycles. The molecule has 1 unspecified atom stereocenters. The monoisotopic (exact) mass is 478 g/mol. The molecular formula is C25H22N2O6S. The summed E-state index contributed by atoms with van der Waals surface area (Å²) in [7, 11) is -2.47. The summed E-state index contributed by atoms with van der Waals surface area (Å²) in [5.41, 5.74) is 1.65. The Hall–Kier alpha value is -4.11. The van der Waals surface area contributed by atoms with E-state index in [2.05, 4.69) is 9.71 Å². The molecular weight excluding hydrogens is 456 g/mol. The van der Waals surface area contributed by atoms with Gasteiger partial charge in [0.2, 0.25) is 5.78 Å². The minimum Gasteiger partial charge on any atom is -0.495 e. The number of benzene rings is 3. The maximum atomic E-state index is 12.8. The number of methoxy groups -OCH3 is 1. The summed E-state index contributed by atoms with van der Waals surface area (Å²) in [5, 5.41) is 0.743. The molecule has 4 rings (SSSR count). The van der Waals surface area contributed by atoms with Gasteiger partial charge in [-0.05, 0) is 49.4 Å². The van der Waals surface area contributed by atoms with Crippen LogP contribution in [0, 0.1) is 0 Å². The van der Waals surface area contributed by atoms with Crippen molar-refractivity contribution >= 4 is 38.4 Å². The predicted molar refractivity (Wildman–Crippen MR) is 128 cm³/mol. The molecule has 0 spiro atoms. The number of ketones is 1. The number of nitrogens with one attached hydrogen (secondary N) is 2. The topological polar surface area (TPSA) is 115 Å². The molecule has 1 aromatic heterocycles. The van der Waals surface area contributed by atoms with Crippen molar-refractivity contribution in [3.05, 3.63) is 90.1 Å². The van der Waals surface area contributed by atoms with Gasteiger partial charge in [0.15, 0.2) is 6.10 Å². The number of Topliss-reactive ketones (excluding diaryl/α,β-unsaturated/α-hetero) is 1. The van der Waals surface area contributed by atoms with Gasteiger partial charge in [0, 0.05) is 22.7 Å². The van der Waals surface area contributed by atoms with Crippen LogP contribution >= 0.6 is 0 Å². The Balaban J connectivity index is 1.46. The van der Waals surface area contributed by atoms with E-state index in [4.69, 9.17) is 9.47 Å². The third kappa shape index (κ3) is 4.65. The van der Waals surface area contributed by atoms with Crippen LogP contribution in [0.5, 0.6) is 5.75 Å². The summed E-state index contributed by atoms with van der Waals surface area (Å²) in [6.45, 7) is 1.50. The number of fused-ring (bicyclic) bond motifs is 1. The number of H-pyrrole nitrogens is 1. The summed E-state index contributed by atoms with van der Waals surface area (Å²) >= 11 is 0. The first-order valence-electron chi connectivity index (χ1n) is 10.4. The SMILES string of the molecule is COc1ccccc1NS(=O)(=O)c1ccc(C(=O)OC(C)C(=O)c2c[nH]c3ccccc23)cc1. The summed E-state index contributed by atoms with van der Waals surface area (Å²) in [5.74, 6) is -0.700. The number of esters is 1. The summed E-state index contributed by atoms with van der Waals surface area (Å²) in [6.07, 6.45) is 0.563. The van der Waals surface area contributed by atoms with Crippen LogP contribution in [0.25, 0.3) is 10.9 Å². The Labute approximate surface area is 196 Å². The Morgan fingerprint density at radius 2 is 1.62 bits per heavy atom. The van der Waals surface area contributed by atoms with Crippen molar-refractivity contribution in [1.29, 1.82) is 0 Å². The lowest BCUT2D eigenvalue weighted by Gasteiger charge is -2.13. The van der Waals surface area contributed by atoms with E-state index in [1.165, 1.54) is 38.3 Å². The minimum atomic E-state index is -3.92. The molecule has 0 fully saturated rings. The van der Waals surface area contributed by atoms with Crippen LogP contribution in [0.1, 0.15) is 27.6 Å². The Morgan fingerprint density at radius 1 is 0.941 bits per heavy atom. The molecule has 0 bridgehead atoms. The molecule has 0 amide bonds. The second kappa shape index (κ2) is 9.40. The highest BCUT2D eigenvalue weighted by Crippen LogP contribution is 2.26. The zero-order chi connectivity index (χ0) is 24.3. The number of sulfonamides is 1. The molecule has 0 radical (unpaired) electrons. The third-order valence-electron chi connectivity index (χ3n) is 5.26. The average Bonchev–Trinajstić information content (AvgIpc) is 3.28. The second-order valence-corrected chi connectivity index (χ2v) is 9.17. The van der Waals surface area contributed by atoms with Crippen LogP contribution in [0.3, 0.4) is 0 Å². The van der Waals surface area contributed by atoms with E-state index in [-0.39, 0.29) is 21.9 Å². The quantitative estimate of drug-likeness (QED) is 0.286. The highest BCUT2D eigenvalue weighted by Gasteiger charge is 2.23. The van der Waals surface area contributed by atoms with E-state index in [1.54, 1.807) is 30.5 Å². The number of hydrogen-bond acceptors (Lipinski definition) is 6. The number of hydrogen-bond donors (Lipinski definition) is 2. The van der Waals surface area contributed by atoms with Crippen LogP contribution in [0.15, 0.2) is 83.9 Å². The van der Waals surface area contributed by atoms with Crippen LogP contribution in [0.2, 0.25) is 0 Å². The van der Waals surface area contributed by atoms with Gasteiger partial charge in [-0.25, -0.2) is 13.2 Å². The summed E-state index contributed by atoms with van der Waals surface area (Å²) in [6, 6.07) is 19.2. The van der Waals surface area contributed by atoms with Gasteiger partial charge in [0.25, 0.3) is 10.0 Å². The Morgan fingerprint density at radius 3 is 2.35 bits per heavy atom. The van der Waals surface area contributed by atoms with E-state index < -0.39 is 22.1 Å². The first-order valence-corrected chi connectivity index (χ1v) is 11.9. The van der Waals surface area contributed by atoms with Gasteiger partial charge in [0.05, 0.1) is 23.3 Å². The van der Waals surface area contributed by atoms with Gasteiger partial charge in [0.1, 0.15) is 5.75 Å². The molecule has 1 heterocycles. The number of carbonyl (C=O) groups excluding carboxylic acids is 2. The number of rotatable bonds is 8. The van der Waals surface area contributed by atoms with Crippen molar-refractivity contribution in [3.63, 3.8) is 0 Å².